The summed E-state index contributed by atoms with van der Waals surface area (Å²) in [5.74, 6) is -2.81. The van der Waals surface area contributed by atoms with Gasteiger partial charge in [-0.25, -0.2) is 4.79 Å². The fourth-order valence-electron chi connectivity index (χ4n) is 2.67. The highest BCUT2D eigenvalue weighted by molar-refractivity contribution is 5.84. The second-order valence-electron chi connectivity index (χ2n) is 5.87. The molecule has 8 atom stereocenters. The molecule has 0 spiro atoms. The summed E-state index contributed by atoms with van der Waals surface area (Å²) in [4.78, 5) is 22.4. The monoisotopic (exact) mass is 379 g/mol. The number of carbonyl (C=O) groups excluding carboxylic acids is 1. The molecule has 0 aromatic rings. The van der Waals surface area contributed by atoms with Crippen molar-refractivity contribution in [3.05, 3.63) is 11.8 Å². The van der Waals surface area contributed by atoms with E-state index in [1.165, 1.54) is 0 Å². The molecular weight excluding hydrogens is 358 g/mol. The van der Waals surface area contributed by atoms with Crippen molar-refractivity contribution in [2.45, 2.75) is 56.1 Å². The molecule has 2 rings (SSSR count). The van der Waals surface area contributed by atoms with Gasteiger partial charge >= 0.3 is 5.97 Å². The third-order valence-electron chi connectivity index (χ3n) is 3.94. The number of aliphatic hydroxyl groups is 5. The summed E-state index contributed by atoms with van der Waals surface area (Å²) in [6, 6.07) is -1.32. The molecule has 1 fully saturated rings. The van der Waals surface area contributed by atoms with Gasteiger partial charge < -0.3 is 50.2 Å². The van der Waals surface area contributed by atoms with Crippen molar-refractivity contribution in [3.63, 3.8) is 0 Å². The number of hydrogen-bond donors (Lipinski definition) is 7. The molecule has 2 heterocycles. The van der Waals surface area contributed by atoms with E-state index in [1.54, 1.807) is 0 Å². The Balaban J connectivity index is 2.24. The van der Waals surface area contributed by atoms with Crippen molar-refractivity contribution in [2.75, 3.05) is 6.61 Å². The van der Waals surface area contributed by atoms with Gasteiger partial charge in [-0.15, -0.1) is 0 Å². The van der Waals surface area contributed by atoms with Crippen molar-refractivity contribution >= 4 is 11.9 Å². The Morgan fingerprint density at radius 2 is 1.88 bits per heavy atom. The minimum absolute atomic E-state index is 0.600. The van der Waals surface area contributed by atoms with Gasteiger partial charge in [0, 0.05) is 6.92 Å². The van der Waals surface area contributed by atoms with Gasteiger partial charge in [-0.3, -0.25) is 4.79 Å². The standard InChI is InChI=1S/C14H21NO11/c1-4(17)15-8-11(10(20)7(3-16)24-13(8)23)26-14-9(19)5(18)2-6(25-14)12(21)22/h2,5,7-11,13-14,16,18-20,23H,3H2,1H3,(H,15,17)(H,21,22)/t5-,7+,8+,9+,10-,11+,13-,14-/m0/s1. The van der Waals surface area contributed by atoms with Gasteiger partial charge in [-0.05, 0) is 6.08 Å². The molecule has 0 unspecified atom stereocenters. The first-order chi connectivity index (χ1) is 12.1. The molecule has 0 saturated carbocycles. The minimum Gasteiger partial charge on any atom is -0.475 e. The summed E-state index contributed by atoms with van der Waals surface area (Å²) in [5, 5.41) is 60.5. The number of carboxylic acid groups (broad SMARTS) is 1. The van der Waals surface area contributed by atoms with Crippen molar-refractivity contribution < 1.29 is 54.4 Å². The molecule has 0 radical (unpaired) electrons. The van der Waals surface area contributed by atoms with Gasteiger partial charge in [0.2, 0.25) is 18.0 Å². The summed E-state index contributed by atoms with van der Waals surface area (Å²) >= 11 is 0. The van der Waals surface area contributed by atoms with Crippen molar-refractivity contribution in [1.82, 2.24) is 5.32 Å². The van der Waals surface area contributed by atoms with E-state index in [0.29, 0.717) is 0 Å². The molecule has 1 amide bonds. The number of aliphatic carboxylic acids is 1. The average Bonchev–Trinajstić information content (AvgIpc) is 2.56. The number of rotatable bonds is 5. The number of hydrogen-bond acceptors (Lipinski definition) is 10. The van der Waals surface area contributed by atoms with E-state index >= 15 is 0 Å². The second kappa shape index (κ2) is 8.26. The van der Waals surface area contributed by atoms with Gasteiger partial charge in [0.1, 0.15) is 36.6 Å². The normalized spacial score (nSPS) is 40.3. The number of ether oxygens (including phenoxy) is 3. The topological polar surface area (TPSA) is 195 Å². The molecule has 12 heteroatoms. The smallest absolute Gasteiger partial charge is 0.371 e. The maximum Gasteiger partial charge on any atom is 0.371 e. The molecule has 12 nitrogen and oxygen atoms in total. The Kier molecular flexibility index (Phi) is 6.52. The van der Waals surface area contributed by atoms with Crippen LogP contribution in [0, 0.1) is 0 Å². The first kappa shape index (κ1) is 20.5. The van der Waals surface area contributed by atoms with Crippen LogP contribution in [-0.4, -0.2) is 98.3 Å². The van der Waals surface area contributed by atoms with Gasteiger partial charge in [0.05, 0.1) is 6.61 Å². The zero-order valence-corrected chi connectivity index (χ0v) is 13.6. The molecule has 0 aliphatic carbocycles. The van der Waals surface area contributed by atoms with E-state index in [4.69, 9.17) is 19.3 Å². The van der Waals surface area contributed by atoms with Crippen LogP contribution >= 0.6 is 0 Å². The highest BCUT2D eigenvalue weighted by atomic mass is 16.7. The largest absolute Gasteiger partial charge is 0.475 e. The molecule has 0 aromatic heterocycles. The Bertz CT molecular complexity index is 567. The zero-order valence-electron chi connectivity index (χ0n) is 13.6. The van der Waals surface area contributed by atoms with E-state index in [-0.39, 0.29) is 0 Å². The predicted octanol–water partition coefficient (Wildman–Crippen LogP) is -4.01. The summed E-state index contributed by atoms with van der Waals surface area (Å²) in [7, 11) is 0. The second-order valence-corrected chi connectivity index (χ2v) is 5.87. The van der Waals surface area contributed by atoms with Crippen LogP contribution in [0.15, 0.2) is 11.8 Å². The van der Waals surface area contributed by atoms with Crippen molar-refractivity contribution in [1.29, 1.82) is 0 Å². The van der Waals surface area contributed by atoms with E-state index < -0.39 is 73.4 Å². The lowest BCUT2D eigenvalue weighted by Gasteiger charge is -2.44. The number of amides is 1. The first-order valence-corrected chi connectivity index (χ1v) is 7.68. The Hall–Kier alpha value is -1.80. The fraction of sp³-hybridized carbons (Fsp3) is 0.714. The highest BCUT2D eigenvalue weighted by Crippen LogP contribution is 2.27. The van der Waals surface area contributed by atoms with Gasteiger partial charge in [-0.1, -0.05) is 0 Å². The molecule has 2 aliphatic heterocycles. The van der Waals surface area contributed by atoms with Crippen molar-refractivity contribution in [2.24, 2.45) is 0 Å². The predicted molar refractivity (Wildman–Crippen MR) is 79.1 cm³/mol. The van der Waals surface area contributed by atoms with Crippen LogP contribution in [0.5, 0.6) is 0 Å². The Morgan fingerprint density at radius 1 is 1.23 bits per heavy atom. The molecule has 2 aliphatic rings. The lowest BCUT2D eigenvalue weighted by molar-refractivity contribution is -0.302. The van der Waals surface area contributed by atoms with Crippen LogP contribution in [0.3, 0.4) is 0 Å². The number of nitrogens with one attached hydrogen (secondary N) is 1. The molecule has 26 heavy (non-hydrogen) atoms. The van der Waals surface area contributed by atoms with Crippen LogP contribution in [0.2, 0.25) is 0 Å². The Morgan fingerprint density at radius 3 is 2.42 bits per heavy atom. The number of aliphatic hydroxyl groups excluding tert-OH is 5. The molecule has 148 valence electrons. The van der Waals surface area contributed by atoms with Crippen LogP contribution in [0.1, 0.15) is 6.92 Å². The molecule has 7 N–H and O–H groups in total. The van der Waals surface area contributed by atoms with Gasteiger partial charge in [0.25, 0.3) is 0 Å². The Labute approximate surface area is 147 Å². The van der Waals surface area contributed by atoms with E-state index in [0.717, 1.165) is 13.0 Å². The average molecular weight is 379 g/mol. The molecule has 1 saturated heterocycles. The lowest BCUT2D eigenvalue weighted by Crippen LogP contribution is -2.66. The van der Waals surface area contributed by atoms with Gasteiger partial charge in [0.15, 0.2) is 6.29 Å². The quantitative estimate of drug-likeness (QED) is 0.246. The third-order valence-corrected chi connectivity index (χ3v) is 3.94. The summed E-state index contributed by atoms with van der Waals surface area (Å²) in [6.07, 6.45) is -10.3. The summed E-state index contributed by atoms with van der Waals surface area (Å²) in [5.41, 5.74) is 0. The molecule has 0 aromatic carbocycles. The summed E-state index contributed by atoms with van der Waals surface area (Å²) < 4.78 is 15.3. The number of carboxylic acids is 1. The zero-order chi connectivity index (χ0) is 19.6. The van der Waals surface area contributed by atoms with Crippen LogP contribution in [0.4, 0.5) is 0 Å². The third kappa shape index (κ3) is 4.29. The van der Waals surface area contributed by atoms with Crippen LogP contribution in [-0.2, 0) is 23.8 Å². The van der Waals surface area contributed by atoms with Crippen LogP contribution in [0.25, 0.3) is 0 Å². The van der Waals surface area contributed by atoms with E-state index in [9.17, 15) is 35.1 Å². The number of carbonyl (C=O) groups is 2. The first-order valence-electron chi connectivity index (χ1n) is 7.68. The maximum atomic E-state index is 11.3. The summed E-state index contributed by atoms with van der Waals surface area (Å²) in [6.45, 7) is 0.442. The SMILES string of the molecule is CC(=O)N[C@@H]1[C@@H](O[C@@H]2OC(C(=O)O)=C[C@H](O)[C@H]2O)[C@@H](O)[C@@H](CO)O[C@@H]1O. The van der Waals surface area contributed by atoms with Gasteiger partial charge in [-0.2, -0.15) is 0 Å². The molecule has 0 bridgehead atoms. The van der Waals surface area contributed by atoms with Crippen molar-refractivity contribution in [3.8, 4) is 0 Å². The fourth-order valence-corrected chi connectivity index (χ4v) is 2.67. The minimum atomic E-state index is -1.73. The lowest BCUT2D eigenvalue weighted by atomic mass is 9.96. The van der Waals surface area contributed by atoms with E-state index in [1.807, 2.05) is 0 Å². The van der Waals surface area contributed by atoms with Crippen LogP contribution < -0.4 is 5.32 Å². The molecular formula is C14H21NO11. The highest BCUT2D eigenvalue weighted by Gasteiger charge is 2.49. The van der Waals surface area contributed by atoms with E-state index in [2.05, 4.69) is 5.32 Å². The maximum absolute atomic E-state index is 11.3.